The second-order valence-electron chi connectivity index (χ2n) is 6.02. The molecule has 2 aromatic rings. The maximum atomic E-state index is 12.8. The summed E-state index contributed by atoms with van der Waals surface area (Å²) in [7, 11) is 0. The first-order valence-corrected chi connectivity index (χ1v) is 7.81. The van der Waals surface area contributed by atoms with Gasteiger partial charge in [0.25, 0.3) is 0 Å². The average Bonchev–Trinajstić information content (AvgIpc) is 2.54. The molecule has 1 aliphatic rings. The SMILES string of the molecule is CCC1CCC(C(=O)c2cccc3ccccc23)CC1. The first-order chi connectivity index (χ1) is 9.79. The fourth-order valence-corrected chi connectivity index (χ4v) is 3.49. The number of hydrogen-bond donors (Lipinski definition) is 0. The maximum absolute atomic E-state index is 12.8. The van der Waals surface area contributed by atoms with Crippen LogP contribution in [0.15, 0.2) is 42.5 Å². The Labute approximate surface area is 121 Å². The van der Waals surface area contributed by atoms with Crippen molar-refractivity contribution in [2.75, 3.05) is 0 Å². The molecule has 1 aliphatic carbocycles. The molecule has 0 heterocycles. The number of benzene rings is 2. The molecular formula is C19H22O. The Morgan fingerprint density at radius 1 is 1.00 bits per heavy atom. The Bertz CT molecular complexity index is 601. The molecule has 0 unspecified atom stereocenters. The Kier molecular flexibility index (Phi) is 3.86. The molecule has 1 heteroatoms. The smallest absolute Gasteiger partial charge is 0.166 e. The minimum absolute atomic E-state index is 0.239. The van der Waals surface area contributed by atoms with Crippen molar-refractivity contribution in [1.29, 1.82) is 0 Å². The standard InChI is InChI=1S/C19H22O/c1-2-14-10-12-16(13-11-14)19(20)18-9-5-7-15-6-3-4-8-17(15)18/h3-9,14,16H,2,10-13H2,1H3. The van der Waals surface area contributed by atoms with Crippen molar-refractivity contribution in [2.45, 2.75) is 39.0 Å². The minimum Gasteiger partial charge on any atom is -0.294 e. The first kappa shape index (κ1) is 13.4. The lowest BCUT2D eigenvalue weighted by molar-refractivity contribution is 0.0873. The van der Waals surface area contributed by atoms with E-state index in [9.17, 15) is 4.79 Å². The predicted molar refractivity (Wildman–Crippen MR) is 84.0 cm³/mol. The number of Topliss-reactive ketones (excluding diaryl/α,β-unsaturated/α-hetero) is 1. The maximum Gasteiger partial charge on any atom is 0.166 e. The van der Waals surface area contributed by atoms with Crippen molar-refractivity contribution in [3.05, 3.63) is 48.0 Å². The van der Waals surface area contributed by atoms with Crippen molar-refractivity contribution in [3.63, 3.8) is 0 Å². The van der Waals surface area contributed by atoms with E-state index >= 15 is 0 Å². The van der Waals surface area contributed by atoms with Gasteiger partial charge in [0, 0.05) is 11.5 Å². The van der Waals surface area contributed by atoms with Crippen molar-refractivity contribution < 1.29 is 4.79 Å². The Morgan fingerprint density at radius 3 is 2.45 bits per heavy atom. The highest BCUT2D eigenvalue weighted by Crippen LogP contribution is 2.33. The van der Waals surface area contributed by atoms with Gasteiger partial charge in [-0.25, -0.2) is 0 Å². The number of ketones is 1. The summed E-state index contributed by atoms with van der Waals surface area (Å²) in [6, 6.07) is 14.3. The van der Waals surface area contributed by atoms with E-state index in [1.807, 2.05) is 24.3 Å². The minimum atomic E-state index is 0.239. The van der Waals surface area contributed by atoms with Crippen LogP contribution in [0.2, 0.25) is 0 Å². The molecule has 0 atom stereocenters. The lowest BCUT2D eigenvalue weighted by atomic mass is 9.77. The molecule has 0 bridgehead atoms. The zero-order valence-corrected chi connectivity index (χ0v) is 12.1. The van der Waals surface area contributed by atoms with Crippen LogP contribution in [0.1, 0.15) is 49.4 Å². The number of carbonyl (C=O) groups is 1. The van der Waals surface area contributed by atoms with Gasteiger partial charge in [0.15, 0.2) is 5.78 Å². The molecule has 3 rings (SSSR count). The van der Waals surface area contributed by atoms with Crippen molar-refractivity contribution in [1.82, 2.24) is 0 Å². The van der Waals surface area contributed by atoms with Crippen LogP contribution in [-0.2, 0) is 0 Å². The summed E-state index contributed by atoms with van der Waals surface area (Å²) in [6.07, 6.45) is 5.84. The van der Waals surface area contributed by atoms with E-state index < -0.39 is 0 Å². The molecule has 1 nitrogen and oxygen atoms in total. The third-order valence-corrected chi connectivity index (χ3v) is 4.85. The Morgan fingerprint density at radius 2 is 1.70 bits per heavy atom. The second kappa shape index (κ2) is 5.78. The third-order valence-electron chi connectivity index (χ3n) is 4.85. The van der Waals surface area contributed by atoms with E-state index in [0.29, 0.717) is 5.78 Å². The normalized spacial score (nSPS) is 22.9. The summed E-state index contributed by atoms with van der Waals surface area (Å²) in [6.45, 7) is 2.26. The highest BCUT2D eigenvalue weighted by Gasteiger charge is 2.26. The molecule has 104 valence electrons. The van der Waals surface area contributed by atoms with Gasteiger partial charge in [0.2, 0.25) is 0 Å². The fourth-order valence-electron chi connectivity index (χ4n) is 3.49. The molecule has 0 radical (unpaired) electrons. The van der Waals surface area contributed by atoms with Crippen LogP contribution in [-0.4, -0.2) is 5.78 Å². The van der Waals surface area contributed by atoms with Gasteiger partial charge in [-0.1, -0.05) is 55.8 Å². The van der Waals surface area contributed by atoms with Crippen LogP contribution >= 0.6 is 0 Å². The molecule has 20 heavy (non-hydrogen) atoms. The quantitative estimate of drug-likeness (QED) is 0.694. The lowest BCUT2D eigenvalue weighted by Gasteiger charge is -2.27. The number of fused-ring (bicyclic) bond motifs is 1. The Hall–Kier alpha value is -1.63. The highest BCUT2D eigenvalue weighted by atomic mass is 16.1. The number of hydrogen-bond acceptors (Lipinski definition) is 1. The third kappa shape index (κ3) is 2.49. The van der Waals surface area contributed by atoms with E-state index in [0.717, 1.165) is 29.7 Å². The van der Waals surface area contributed by atoms with Gasteiger partial charge in [-0.2, -0.15) is 0 Å². The monoisotopic (exact) mass is 266 g/mol. The van der Waals surface area contributed by atoms with E-state index in [4.69, 9.17) is 0 Å². The van der Waals surface area contributed by atoms with Crippen LogP contribution in [0.4, 0.5) is 0 Å². The van der Waals surface area contributed by atoms with Crippen LogP contribution < -0.4 is 0 Å². The lowest BCUT2D eigenvalue weighted by Crippen LogP contribution is -2.22. The van der Waals surface area contributed by atoms with Crippen molar-refractivity contribution in [3.8, 4) is 0 Å². The zero-order chi connectivity index (χ0) is 13.9. The molecule has 0 amide bonds. The van der Waals surface area contributed by atoms with Gasteiger partial charge in [0.05, 0.1) is 0 Å². The van der Waals surface area contributed by atoms with Crippen LogP contribution in [0.25, 0.3) is 10.8 Å². The van der Waals surface area contributed by atoms with Crippen molar-refractivity contribution in [2.24, 2.45) is 11.8 Å². The molecule has 0 N–H and O–H groups in total. The summed E-state index contributed by atoms with van der Waals surface area (Å²) in [5, 5.41) is 2.28. The molecule has 1 saturated carbocycles. The molecule has 0 aromatic heterocycles. The van der Waals surface area contributed by atoms with Gasteiger partial charge < -0.3 is 0 Å². The van der Waals surface area contributed by atoms with E-state index in [1.165, 1.54) is 24.6 Å². The molecule has 0 aliphatic heterocycles. The number of carbonyl (C=O) groups excluding carboxylic acids is 1. The predicted octanol–water partition coefficient (Wildman–Crippen LogP) is 5.24. The van der Waals surface area contributed by atoms with Crippen LogP contribution in [0.3, 0.4) is 0 Å². The molecule has 0 spiro atoms. The highest BCUT2D eigenvalue weighted by molar-refractivity contribution is 6.09. The van der Waals surface area contributed by atoms with Gasteiger partial charge in [-0.3, -0.25) is 4.79 Å². The van der Waals surface area contributed by atoms with E-state index in [1.54, 1.807) is 0 Å². The topological polar surface area (TPSA) is 17.1 Å². The summed E-state index contributed by atoms with van der Waals surface area (Å²) in [4.78, 5) is 12.8. The van der Waals surface area contributed by atoms with E-state index in [2.05, 4.69) is 25.1 Å². The summed E-state index contributed by atoms with van der Waals surface area (Å²) < 4.78 is 0. The molecule has 0 saturated heterocycles. The van der Waals surface area contributed by atoms with Gasteiger partial charge in [-0.15, -0.1) is 0 Å². The van der Waals surface area contributed by atoms with E-state index in [-0.39, 0.29) is 5.92 Å². The van der Waals surface area contributed by atoms with Crippen LogP contribution in [0, 0.1) is 11.8 Å². The molecule has 1 fully saturated rings. The first-order valence-electron chi connectivity index (χ1n) is 7.81. The van der Waals surface area contributed by atoms with Gasteiger partial charge in [0.1, 0.15) is 0 Å². The average molecular weight is 266 g/mol. The van der Waals surface area contributed by atoms with Crippen LogP contribution in [0.5, 0.6) is 0 Å². The molecule has 2 aromatic carbocycles. The summed E-state index contributed by atoms with van der Waals surface area (Å²) in [5.41, 5.74) is 0.919. The van der Waals surface area contributed by atoms with Gasteiger partial charge >= 0.3 is 0 Å². The van der Waals surface area contributed by atoms with Crippen molar-refractivity contribution >= 4 is 16.6 Å². The second-order valence-corrected chi connectivity index (χ2v) is 6.02. The Balaban J connectivity index is 1.86. The number of rotatable bonds is 3. The zero-order valence-electron chi connectivity index (χ0n) is 12.1. The molecular weight excluding hydrogens is 244 g/mol. The van der Waals surface area contributed by atoms with Gasteiger partial charge in [-0.05, 0) is 42.4 Å². The largest absolute Gasteiger partial charge is 0.294 e. The summed E-state index contributed by atoms with van der Waals surface area (Å²) >= 11 is 0. The summed E-state index contributed by atoms with van der Waals surface area (Å²) in [5.74, 6) is 1.44. The fraction of sp³-hybridized carbons (Fsp3) is 0.421.